The van der Waals surface area contributed by atoms with Crippen LogP contribution in [0.3, 0.4) is 0 Å². The molecule has 1 N–H and O–H groups in total. The van der Waals surface area contributed by atoms with Crippen molar-refractivity contribution in [3.05, 3.63) is 11.3 Å². The molecule has 0 amide bonds. The number of hydrogen-bond donors (Lipinski definition) is 1. The van der Waals surface area contributed by atoms with Crippen LogP contribution < -0.4 is 0 Å². The molecule has 0 aromatic carbocycles. The Labute approximate surface area is 83.6 Å². The summed E-state index contributed by atoms with van der Waals surface area (Å²) in [5.41, 5.74) is 2.47. The first-order chi connectivity index (χ1) is 6.26. The van der Waals surface area contributed by atoms with Gasteiger partial charge in [0.2, 0.25) is 0 Å². The Morgan fingerprint density at radius 3 is 3.00 bits per heavy atom. The molecule has 3 nitrogen and oxygen atoms in total. The van der Waals surface area contributed by atoms with Gasteiger partial charge in [-0.15, -0.1) is 11.3 Å². The number of hydrogen-bond acceptors (Lipinski definition) is 4. The topological polar surface area (TPSA) is 45.8 Å². The average Bonchev–Trinajstić information content (AvgIpc) is 2.60. The number of carbonyl (C=O) groups is 1. The Hall–Kier alpha value is -0.810. The molecule has 13 heavy (non-hydrogen) atoms. The van der Waals surface area contributed by atoms with E-state index in [0.717, 1.165) is 32.2 Å². The molecule has 0 atom stereocenters. The van der Waals surface area contributed by atoms with Gasteiger partial charge in [0.25, 0.3) is 0 Å². The molecular weight excluding hydrogens is 204 g/mol. The molecular formula is C8H8N2OS2. The SMILES string of the molecule is CSc1nc2[nH]c(C)c(C=O)c2s1. The minimum atomic E-state index is 0.743. The van der Waals surface area contributed by atoms with Gasteiger partial charge in [-0.2, -0.15) is 0 Å². The maximum absolute atomic E-state index is 10.8. The molecule has 2 rings (SSSR count). The lowest BCUT2D eigenvalue weighted by Gasteiger charge is -1.86. The van der Waals surface area contributed by atoms with Crippen molar-refractivity contribution in [3.63, 3.8) is 0 Å². The first-order valence-electron chi connectivity index (χ1n) is 3.74. The number of H-pyrrole nitrogens is 1. The fraction of sp³-hybridized carbons (Fsp3) is 0.250. The smallest absolute Gasteiger partial charge is 0.153 e. The molecule has 68 valence electrons. The average molecular weight is 212 g/mol. The highest BCUT2D eigenvalue weighted by Crippen LogP contribution is 2.31. The van der Waals surface area contributed by atoms with Gasteiger partial charge >= 0.3 is 0 Å². The summed E-state index contributed by atoms with van der Waals surface area (Å²) in [5.74, 6) is 0. The highest BCUT2D eigenvalue weighted by molar-refractivity contribution is 8.00. The fourth-order valence-electron chi connectivity index (χ4n) is 1.21. The van der Waals surface area contributed by atoms with Gasteiger partial charge in [0, 0.05) is 5.69 Å². The molecule has 0 aliphatic rings. The predicted molar refractivity (Wildman–Crippen MR) is 55.9 cm³/mol. The molecule has 0 aliphatic carbocycles. The van der Waals surface area contributed by atoms with Crippen molar-refractivity contribution in [3.8, 4) is 0 Å². The third-order valence-electron chi connectivity index (χ3n) is 1.85. The van der Waals surface area contributed by atoms with Gasteiger partial charge < -0.3 is 4.98 Å². The summed E-state index contributed by atoms with van der Waals surface area (Å²) in [6.07, 6.45) is 2.86. The van der Waals surface area contributed by atoms with E-state index >= 15 is 0 Å². The fourth-order valence-corrected chi connectivity index (χ4v) is 2.79. The molecule has 0 unspecified atom stereocenters. The Bertz CT molecular complexity index is 458. The lowest BCUT2D eigenvalue weighted by Crippen LogP contribution is -1.79. The van der Waals surface area contributed by atoms with E-state index in [0.29, 0.717) is 0 Å². The van der Waals surface area contributed by atoms with Crippen LogP contribution in [0.2, 0.25) is 0 Å². The van der Waals surface area contributed by atoms with Gasteiger partial charge in [-0.05, 0) is 13.2 Å². The van der Waals surface area contributed by atoms with E-state index in [9.17, 15) is 4.79 Å². The van der Waals surface area contributed by atoms with Crippen molar-refractivity contribution < 1.29 is 4.79 Å². The molecule has 0 aliphatic heterocycles. The van der Waals surface area contributed by atoms with Crippen molar-refractivity contribution in [2.75, 3.05) is 6.26 Å². The first kappa shape index (κ1) is 8.77. The third-order valence-corrected chi connectivity index (χ3v) is 3.93. The number of carbonyl (C=O) groups excluding carboxylic acids is 1. The number of aryl methyl sites for hydroxylation is 1. The molecule has 2 aromatic rings. The molecule has 2 heterocycles. The highest BCUT2D eigenvalue weighted by Gasteiger charge is 2.12. The van der Waals surface area contributed by atoms with E-state index in [1.54, 1.807) is 23.1 Å². The minimum Gasteiger partial charge on any atom is -0.342 e. The normalized spacial score (nSPS) is 10.9. The van der Waals surface area contributed by atoms with Crippen LogP contribution in [0.5, 0.6) is 0 Å². The van der Waals surface area contributed by atoms with E-state index in [1.807, 2.05) is 13.2 Å². The summed E-state index contributed by atoms with van der Waals surface area (Å²) in [6.45, 7) is 1.89. The molecule has 5 heteroatoms. The second-order valence-electron chi connectivity index (χ2n) is 2.64. The minimum absolute atomic E-state index is 0.743. The van der Waals surface area contributed by atoms with E-state index in [1.165, 1.54) is 0 Å². The number of rotatable bonds is 2. The molecule has 2 aromatic heterocycles. The number of thiazole rings is 1. The van der Waals surface area contributed by atoms with Crippen LogP contribution in [-0.4, -0.2) is 22.5 Å². The lowest BCUT2D eigenvalue weighted by atomic mass is 10.3. The Kier molecular flexibility index (Phi) is 2.13. The first-order valence-corrected chi connectivity index (χ1v) is 5.78. The zero-order valence-electron chi connectivity index (χ0n) is 7.25. The summed E-state index contributed by atoms with van der Waals surface area (Å²) in [7, 11) is 0. The van der Waals surface area contributed by atoms with Gasteiger partial charge in [-0.25, -0.2) is 4.98 Å². The number of aromatic nitrogens is 2. The van der Waals surface area contributed by atoms with Crippen LogP contribution >= 0.6 is 23.1 Å². The van der Waals surface area contributed by atoms with Crippen LogP contribution in [0.15, 0.2) is 4.34 Å². The lowest BCUT2D eigenvalue weighted by molar-refractivity contribution is 0.112. The van der Waals surface area contributed by atoms with Gasteiger partial charge in [0.15, 0.2) is 16.3 Å². The standard InChI is InChI=1S/C8H8N2OS2/c1-4-5(3-11)6-7(9-4)10-8(12-2)13-6/h3,9H,1-2H3. The summed E-state index contributed by atoms with van der Waals surface area (Å²) in [5, 5.41) is 0. The van der Waals surface area contributed by atoms with Crippen LogP contribution in [-0.2, 0) is 0 Å². The highest BCUT2D eigenvalue weighted by atomic mass is 32.2. The Balaban J connectivity index is 2.73. The second kappa shape index (κ2) is 3.16. The summed E-state index contributed by atoms with van der Waals surface area (Å²) >= 11 is 3.15. The summed E-state index contributed by atoms with van der Waals surface area (Å²) in [4.78, 5) is 18.2. The van der Waals surface area contributed by atoms with Gasteiger partial charge in [0.05, 0.1) is 10.3 Å². The number of aldehydes is 1. The van der Waals surface area contributed by atoms with Gasteiger partial charge in [0.1, 0.15) is 0 Å². The van der Waals surface area contributed by atoms with Crippen molar-refractivity contribution in [2.24, 2.45) is 0 Å². The van der Waals surface area contributed by atoms with Gasteiger partial charge in [-0.3, -0.25) is 4.79 Å². The maximum atomic E-state index is 10.8. The largest absolute Gasteiger partial charge is 0.342 e. The third kappa shape index (κ3) is 1.28. The summed E-state index contributed by atoms with van der Waals surface area (Å²) in [6, 6.07) is 0. The molecule has 0 spiro atoms. The van der Waals surface area contributed by atoms with E-state index in [2.05, 4.69) is 9.97 Å². The number of thioether (sulfide) groups is 1. The van der Waals surface area contributed by atoms with Crippen molar-refractivity contribution >= 4 is 39.7 Å². The monoisotopic (exact) mass is 212 g/mol. The second-order valence-corrected chi connectivity index (χ2v) is 4.70. The van der Waals surface area contributed by atoms with Gasteiger partial charge in [-0.1, -0.05) is 11.8 Å². The van der Waals surface area contributed by atoms with Crippen molar-refractivity contribution in [1.82, 2.24) is 9.97 Å². The number of aromatic amines is 1. The summed E-state index contributed by atoms with van der Waals surface area (Å²) < 4.78 is 1.96. The van der Waals surface area contributed by atoms with E-state index in [4.69, 9.17) is 0 Å². The number of nitrogens with one attached hydrogen (secondary N) is 1. The van der Waals surface area contributed by atoms with Crippen molar-refractivity contribution in [2.45, 2.75) is 11.3 Å². The van der Waals surface area contributed by atoms with E-state index in [-0.39, 0.29) is 0 Å². The number of fused-ring (bicyclic) bond motifs is 1. The maximum Gasteiger partial charge on any atom is 0.153 e. The zero-order valence-corrected chi connectivity index (χ0v) is 8.88. The number of nitrogens with zero attached hydrogens (tertiary/aromatic N) is 1. The van der Waals surface area contributed by atoms with E-state index < -0.39 is 0 Å². The Morgan fingerprint density at radius 2 is 2.38 bits per heavy atom. The molecule has 0 fully saturated rings. The predicted octanol–water partition coefficient (Wildman–Crippen LogP) is 2.47. The van der Waals surface area contributed by atoms with Crippen molar-refractivity contribution in [1.29, 1.82) is 0 Å². The molecule has 0 saturated carbocycles. The quantitative estimate of drug-likeness (QED) is 0.614. The molecule has 0 bridgehead atoms. The van der Waals surface area contributed by atoms with Crippen LogP contribution in [0, 0.1) is 6.92 Å². The van der Waals surface area contributed by atoms with Crippen LogP contribution in [0.4, 0.5) is 0 Å². The molecule has 0 radical (unpaired) electrons. The van der Waals surface area contributed by atoms with Crippen LogP contribution in [0.1, 0.15) is 16.1 Å². The molecule has 0 saturated heterocycles. The zero-order chi connectivity index (χ0) is 9.42. The Morgan fingerprint density at radius 1 is 1.62 bits per heavy atom. The van der Waals surface area contributed by atoms with Crippen LogP contribution in [0.25, 0.3) is 10.3 Å².